The van der Waals surface area contributed by atoms with Gasteiger partial charge in [-0.1, -0.05) is 0 Å². The minimum absolute atomic E-state index is 0.0229. The van der Waals surface area contributed by atoms with Crippen LogP contribution in [0.25, 0.3) is 0 Å². The molecular formula is C12H16BrN3O3. The van der Waals surface area contributed by atoms with Gasteiger partial charge in [0, 0.05) is 12.7 Å². The van der Waals surface area contributed by atoms with E-state index in [4.69, 9.17) is 0 Å². The molecule has 1 aromatic rings. The summed E-state index contributed by atoms with van der Waals surface area (Å²) in [5.41, 5.74) is 0.455. The number of hydrogen-bond donors (Lipinski definition) is 2. The number of anilines is 1. The van der Waals surface area contributed by atoms with Crippen LogP contribution < -0.4 is 5.32 Å². The van der Waals surface area contributed by atoms with E-state index in [0.29, 0.717) is 22.6 Å². The topological polar surface area (TPSA) is 88.3 Å². The molecule has 0 unspecified atom stereocenters. The summed E-state index contributed by atoms with van der Waals surface area (Å²) >= 11 is 3.28. The molecule has 104 valence electrons. The Morgan fingerprint density at radius 2 is 2.11 bits per heavy atom. The van der Waals surface area contributed by atoms with Crippen LogP contribution in [0.4, 0.5) is 11.4 Å². The fourth-order valence-corrected chi connectivity index (χ4v) is 2.80. The van der Waals surface area contributed by atoms with Gasteiger partial charge in [0.15, 0.2) is 0 Å². The van der Waals surface area contributed by atoms with E-state index in [1.54, 1.807) is 6.20 Å². The lowest BCUT2D eigenvalue weighted by atomic mass is 9.87. The molecule has 1 aliphatic rings. The number of nitro groups is 1. The van der Waals surface area contributed by atoms with Crippen LogP contribution >= 0.6 is 15.9 Å². The van der Waals surface area contributed by atoms with Gasteiger partial charge in [-0.05, 0) is 47.5 Å². The lowest BCUT2D eigenvalue weighted by Crippen LogP contribution is -2.23. The molecule has 1 aliphatic carbocycles. The first-order chi connectivity index (χ1) is 9.08. The Kier molecular flexibility index (Phi) is 4.71. The zero-order chi connectivity index (χ0) is 13.8. The second-order valence-corrected chi connectivity index (χ2v) is 5.68. The average molecular weight is 330 g/mol. The Hall–Kier alpha value is -1.21. The Balaban J connectivity index is 2.01. The van der Waals surface area contributed by atoms with Crippen molar-refractivity contribution in [3.05, 3.63) is 27.0 Å². The highest BCUT2D eigenvalue weighted by Gasteiger charge is 2.22. The van der Waals surface area contributed by atoms with Gasteiger partial charge < -0.3 is 10.4 Å². The maximum Gasteiger partial charge on any atom is 0.311 e. The van der Waals surface area contributed by atoms with Gasteiger partial charge in [-0.25, -0.2) is 0 Å². The van der Waals surface area contributed by atoms with Crippen molar-refractivity contribution in [3.63, 3.8) is 0 Å². The lowest BCUT2D eigenvalue weighted by Gasteiger charge is -2.25. The van der Waals surface area contributed by atoms with Gasteiger partial charge >= 0.3 is 5.69 Å². The lowest BCUT2D eigenvalue weighted by molar-refractivity contribution is -0.384. The Morgan fingerprint density at radius 3 is 2.74 bits per heavy atom. The predicted molar refractivity (Wildman–Crippen MR) is 75.0 cm³/mol. The molecule has 1 heterocycles. The van der Waals surface area contributed by atoms with Crippen molar-refractivity contribution in [1.29, 1.82) is 0 Å². The molecule has 0 saturated heterocycles. The third kappa shape index (κ3) is 3.63. The van der Waals surface area contributed by atoms with Gasteiger partial charge in [0.2, 0.25) is 0 Å². The molecule has 1 aromatic heterocycles. The Labute approximate surface area is 119 Å². The van der Waals surface area contributed by atoms with Gasteiger partial charge in [0.25, 0.3) is 0 Å². The van der Waals surface area contributed by atoms with Crippen LogP contribution in [-0.2, 0) is 0 Å². The van der Waals surface area contributed by atoms with Crippen molar-refractivity contribution in [2.45, 2.75) is 31.8 Å². The monoisotopic (exact) mass is 329 g/mol. The summed E-state index contributed by atoms with van der Waals surface area (Å²) in [6.45, 7) is 0.677. The van der Waals surface area contributed by atoms with Crippen molar-refractivity contribution in [1.82, 2.24) is 4.98 Å². The van der Waals surface area contributed by atoms with E-state index in [9.17, 15) is 15.2 Å². The molecule has 19 heavy (non-hydrogen) atoms. The average Bonchev–Trinajstić information content (AvgIpc) is 2.39. The molecule has 0 radical (unpaired) electrons. The van der Waals surface area contributed by atoms with Crippen molar-refractivity contribution >= 4 is 27.3 Å². The number of halogens is 1. The fourth-order valence-electron chi connectivity index (χ4n) is 2.33. The largest absolute Gasteiger partial charge is 0.393 e. The van der Waals surface area contributed by atoms with E-state index in [-0.39, 0.29) is 11.8 Å². The zero-order valence-corrected chi connectivity index (χ0v) is 12.0. The highest BCUT2D eigenvalue weighted by Crippen LogP contribution is 2.32. The molecule has 1 fully saturated rings. The molecule has 0 atom stereocenters. The second kappa shape index (κ2) is 6.29. The van der Waals surface area contributed by atoms with Crippen molar-refractivity contribution in [3.8, 4) is 0 Å². The first-order valence-electron chi connectivity index (χ1n) is 6.27. The first-order valence-corrected chi connectivity index (χ1v) is 7.07. The predicted octanol–water partition coefficient (Wildman–Crippen LogP) is 2.72. The van der Waals surface area contributed by atoms with Gasteiger partial charge in [0.05, 0.1) is 15.5 Å². The molecule has 0 bridgehead atoms. The summed E-state index contributed by atoms with van der Waals surface area (Å²) in [5, 5.41) is 23.5. The summed E-state index contributed by atoms with van der Waals surface area (Å²) in [5.74, 6) is 0.447. The third-order valence-electron chi connectivity index (χ3n) is 3.46. The number of aliphatic hydroxyl groups excluding tert-OH is 1. The molecule has 2 rings (SSSR count). The van der Waals surface area contributed by atoms with E-state index in [0.717, 1.165) is 25.7 Å². The Bertz CT molecular complexity index is 462. The number of nitrogens with zero attached hydrogens (tertiary/aromatic N) is 2. The molecule has 6 nitrogen and oxygen atoms in total. The van der Waals surface area contributed by atoms with Gasteiger partial charge in [-0.15, -0.1) is 0 Å². The van der Waals surface area contributed by atoms with Crippen LogP contribution in [0, 0.1) is 16.0 Å². The summed E-state index contributed by atoms with van der Waals surface area (Å²) < 4.78 is 0.595. The number of aliphatic hydroxyl groups is 1. The van der Waals surface area contributed by atoms with E-state index in [1.165, 1.54) is 6.20 Å². The van der Waals surface area contributed by atoms with Crippen LogP contribution in [0.3, 0.4) is 0 Å². The number of rotatable bonds is 4. The highest BCUT2D eigenvalue weighted by atomic mass is 79.9. The summed E-state index contributed by atoms with van der Waals surface area (Å²) in [6, 6.07) is 0. The minimum atomic E-state index is -0.440. The van der Waals surface area contributed by atoms with E-state index >= 15 is 0 Å². The van der Waals surface area contributed by atoms with Crippen LogP contribution in [0.1, 0.15) is 25.7 Å². The van der Waals surface area contributed by atoms with E-state index in [1.807, 2.05) is 0 Å². The molecule has 0 spiro atoms. The first kappa shape index (κ1) is 14.2. The van der Waals surface area contributed by atoms with Crippen LogP contribution in [0.15, 0.2) is 16.9 Å². The fraction of sp³-hybridized carbons (Fsp3) is 0.583. The molecule has 0 amide bonds. The maximum atomic E-state index is 10.9. The Morgan fingerprint density at radius 1 is 1.42 bits per heavy atom. The summed E-state index contributed by atoms with van der Waals surface area (Å²) in [7, 11) is 0. The van der Waals surface area contributed by atoms with Crippen LogP contribution in [0.2, 0.25) is 0 Å². The van der Waals surface area contributed by atoms with Crippen molar-refractivity contribution in [2.24, 2.45) is 5.92 Å². The standard InChI is InChI=1S/C12H16BrN3O3/c13-10-6-14-7-11(16(18)19)12(10)15-5-8-1-3-9(17)4-2-8/h6-9,17H,1-5H2,(H,14,15). The molecule has 1 saturated carbocycles. The van der Waals surface area contributed by atoms with Crippen LogP contribution in [-0.4, -0.2) is 27.7 Å². The number of pyridine rings is 1. The number of aromatic nitrogens is 1. The number of hydrogen-bond acceptors (Lipinski definition) is 5. The van der Waals surface area contributed by atoms with E-state index < -0.39 is 4.92 Å². The summed E-state index contributed by atoms with van der Waals surface area (Å²) in [4.78, 5) is 14.3. The van der Waals surface area contributed by atoms with E-state index in [2.05, 4.69) is 26.2 Å². The normalized spacial score (nSPS) is 23.1. The highest BCUT2D eigenvalue weighted by molar-refractivity contribution is 9.10. The third-order valence-corrected chi connectivity index (χ3v) is 4.06. The SMILES string of the molecule is O=[N+]([O-])c1cncc(Br)c1NCC1CCC(O)CC1. The van der Waals surface area contributed by atoms with Gasteiger partial charge in [0.1, 0.15) is 11.9 Å². The molecule has 7 heteroatoms. The smallest absolute Gasteiger partial charge is 0.311 e. The van der Waals surface area contributed by atoms with Gasteiger partial charge in [-0.3, -0.25) is 15.1 Å². The zero-order valence-electron chi connectivity index (χ0n) is 10.4. The summed E-state index contributed by atoms with van der Waals surface area (Å²) in [6.07, 6.45) is 6.13. The van der Waals surface area contributed by atoms with Crippen molar-refractivity contribution < 1.29 is 10.0 Å². The minimum Gasteiger partial charge on any atom is -0.393 e. The molecule has 0 aromatic carbocycles. The molecule has 0 aliphatic heterocycles. The van der Waals surface area contributed by atoms with Gasteiger partial charge in [-0.2, -0.15) is 0 Å². The van der Waals surface area contributed by atoms with Crippen molar-refractivity contribution in [2.75, 3.05) is 11.9 Å². The second-order valence-electron chi connectivity index (χ2n) is 4.83. The maximum absolute atomic E-state index is 10.9. The van der Waals surface area contributed by atoms with Crippen LogP contribution in [0.5, 0.6) is 0 Å². The molecular weight excluding hydrogens is 314 g/mol. The quantitative estimate of drug-likeness (QED) is 0.655. The molecule has 2 N–H and O–H groups in total. The number of nitrogens with one attached hydrogen (secondary N) is 1.